The number of ether oxygens (including phenoxy) is 4. The van der Waals surface area contributed by atoms with Crippen LogP contribution in [-0.2, 0) is 38.1 Å². The number of hydrogen-bond acceptors (Lipinski definition) is 11. The van der Waals surface area contributed by atoms with Crippen LogP contribution in [0.4, 0.5) is 0 Å². The Morgan fingerprint density at radius 1 is 0.869 bits per heavy atom. The molecule has 0 radical (unpaired) electrons. The van der Waals surface area contributed by atoms with Gasteiger partial charge in [0.25, 0.3) is 11.7 Å². The summed E-state index contributed by atoms with van der Waals surface area (Å²) in [6.45, 7) is 9.50. The minimum atomic E-state index is -2.50. The first kappa shape index (κ1) is 49.3. The Balaban J connectivity index is 1.53. The van der Waals surface area contributed by atoms with Crippen LogP contribution < -0.4 is 0 Å². The molecule has 61 heavy (non-hydrogen) atoms. The molecule has 344 valence electrons. The fourth-order valence-corrected chi connectivity index (χ4v) is 10.7. The van der Waals surface area contributed by atoms with Crippen molar-refractivity contribution in [1.29, 1.82) is 0 Å². The zero-order valence-corrected chi connectivity index (χ0v) is 38.1. The van der Waals surface area contributed by atoms with Crippen LogP contribution in [0.1, 0.15) is 144 Å². The molecule has 2 saturated carbocycles. The lowest BCUT2D eigenvalue weighted by Gasteiger charge is -2.47. The lowest BCUT2D eigenvalue weighted by atomic mass is 9.82. The van der Waals surface area contributed by atoms with Gasteiger partial charge in [-0.1, -0.05) is 69.9 Å². The van der Waals surface area contributed by atoms with Crippen molar-refractivity contribution in [2.24, 2.45) is 35.5 Å². The highest BCUT2D eigenvalue weighted by Crippen LogP contribution is 2.39. The summed E-state index contributed by atoms with van der Waals surface area (Å²) in [6, 6.07) is -1.11. The van der Waals surface area contributed by atoms with E-state index in [-0.39, 0.29) is 49.5 Å². The molecule has 3 aliphatic heterocycles. The fraction of sp³-hybridized carbons (Fsp3) is 0.796. The number of allylic oxidation sites excluding steroid dienone is 5. The van der Waals surface area contributed by atoms with Gasteiger partial charge in [0, 0.05) is 44.9 Å². The highest BCUT2D eigenvalue weighted by atomic mass is 16.7. The second-order valence-electron chi connectivity index (χ2n) is 19.5. The predicted molar refractivity (Wildman–Crippen MR) is 232 cm³/mol. The number of amides is 1. The Morgan fingerprint density at radius 2 is 1.52 bits per heavy atom. The number of Topliss-reactive ketones (excluding diaryl/α,β-unsaturated/α-hetero) is 2. The summed E-state index contributed by atoms with van der Waals surface area (Å²) in [6.07, 6.45) is 16.0. The Hall–Kier alpha value is -2.74. The molecule has 11 atom stereocenters. The number of nitrogens with zero attached hydrogens (tertiary/aromatic N) is 1. The summed E-state index contributed by atoms with van der Waals surface area (Å²) in [5.41, 5.74) is 1.73. The van der Waals surface area contributed by atoms with E-state index in [9.17, 15) is 34.5 Å². The van der Waals surface area contributed by atoms with Crippen LogP contribution in [0.5, 0.6) is 0 Å². The van der Waals surface area contributed by atoms with Crippen molar-refractivity contribution in [3.8, 4) is 0 Å². The minimum Gasteiger partial charge on any atom is -0.456 e. The molecule has 3 N–H and O–H groups in total. The van der Waals surface area contributed by atoms with Gasteiger partial charge in [-0.15, -0.1) is 0 Å². The Morgan fingerprint density at radius 3 is 2.20 bits per heavy atom. The van der Waals surface area contributed by atoms with Crippen LogP contribution in [-0.4, -0.2) is 113 Å². The average molecular weight is 856 g/mol. The van der Waals surface area contributed by atoms with E-state index in [0.29, 0.717) is 50.9 Å². The Bertz CT molecular complexity index is 1580. The Kier molecular flexibility index (Phi) is 18.4. The number of rotatable bonds is 7. The van der Waals surface area contributed by atoms with Crippen molar-refractivity contribution in [1.82, 2.24) is 4.90 Å². The van der Waals surface area contributed by atoms with Gasteiger partial charge in [-0.3, -0.25) is 14.4 Å². The molecule has 3 heterocycles. The van der Waals surface area contributed by atoms with Crippen LogP contribution in [0.25, 0.3) is 0 Å². The number of fused-ring (bicyclic) bond motifs is 3. The van der Waals surface area contributed by atoms with Crippen LogP contribution in [0.3, 0.4) is 0 Å². The minimum absolute atomic E-state index is 0.0283. The summed E-state index contributed by atoms with van der Waals surface area (Å²) in [7, 11) is 3.10. The number of methoxy groups -OCH3 is 2. The van der Waals surface area contributed by atoms with Crippen molar-refractivity contribution >= 4 is 23.4 Å². The predicted octanol–water partition coefficient (Wildman–Crippen LogP) is 6.96. The number of carbonyl (C=O) groups is 4. The third kappa shape index (κ3) is 12.7. The lowest BCUT2D eigenvalue weighted by Crippen LogP contribution is -2.64. The molecule has 12 nitrogen and oxygen atoms in total. The molecule has 4 fully saturated rings. The van der Waals surface area contributed by atoms with E-state index in [2.05, 4.69) is 25.2 Å². The topological polar surface area (TPSA) is 169 Å². The van der Waals surface area contributed by atoms with Crippen LogP contribution in [0, 0.1) is 35.5 Å². The number of aliphatic hydroxyl groups is 3. The van der Waals surface area contributed by atoms with E-state index in [1.807, 2.05) is 19.9 Å². The molecule has 1 amide bonds. The molecular weight excluding hydrogens is 779 g/mol. The molecular formula is C49H77NO11. The van der Waals surface area contributed by atoms with Gasteiger partial charge < -0.3 is 39.2 Å². The highest BCUT2D eigenvalue weighted by Gasteiger charge is 2.56. The van der Waals surface area contributed by atoms with E-state index in [1.54, 1.807) is 28.1 Å². The molecule has 2 aliphatic carbocycles. The summed E-state index contributed by atoms with van der Waals surface area (Å²) in [4.78, 5) is 58.5. The molecule has 2 bridgehead atoms. The van der Waals surface area contributed by atoms with Gasteiger partial charge in [-0.05, 0) is 121 Å². The van der Waals surface area contributed by atoms with Crippen molar-refractivity contribution in [3.63, 3.8) is 0 Å². The summed E-state index contributed by atoms with van der Waals surface area (Å²) >= 11 is 0. The normalized spacial score (nSPS) is 39.9. The third-order valence-corrected chi connectivity index (χ3v) is 14.5. The number of piperidine rings is 1. The lowest BCUT2D eigenvalue weighted by molar-refractivity contribution is -0.302. The first-order valence-electron chi connectivity index (χ1n) is 23.5. The van der Waals surface area contributed by atoms with E-state index in [1.165, 1.54) is 24.2 Å². The SMILES string of the molecule is CO[C@H]1C[C@@H](C)C/C(C)=C/[C@@H](C/C=C/C2CCCCC2)C(=O)C[C@H](O)[C@@H](C)[C@@H](/C(C)=C/[C@H]2CC[C@H](O)CC2)OC(=O)[C@@H]2CCCCN2C(=O)C(=O)[C@]2(O)O[C@H]1[C@@H](OC)C[C@H]2C. The summed E-state index contributed by atoms with van der Waals surface area (Å²) < 4.78 is 24.5. The van der Waals surface area contributed by atoms with Crippen LogP contribution in [0.2, 0.25) is 0 Å². The van der Waals surface area contributed by atoms with Crippen LogP contribution in [0.15, 0.2) is 35.5 Å². The van der Waals surface area contributed by atoms with Gasteiger partial charge in [-0.2, -0.15) is 0 Å². The fourth-order valence-electron chi connectivity index (χ4n) is 10.7. The summed E-state index contributed by atoms with van der Waals surface area (Å²) in [5, 5.41) is 34.2. The van der Waals surface area contributed by atoms with Gasteiger partial charge in [-0.25, -0.2) is 4.79 Å². The summed E-state index contributed by atoms with van der Waals surface area (Å²) in [5.74, 6) is -6.79. The molecule has 12 heteroatoms. The van der Waals surface area contributed by atoms with Crippen molar-refractivity contribution in [2.45, 2.75) is 192 Å². The standard InChI is InChI=1S/C49H77NO11/c1-30-24-31(2)26-42(58-6)45-43(59-7)28-33(4)49(57,61-45)46(54)47(55)50-23-12-11-18-39(50)48(56)60-44(32(3)27-36-19-21-38(51)22-20-36)34(5)40(52)29-41(53)37(25-30)17-13-16-35-14-9-8-10-15-35/h13,16,25,27,31,33-40,42-45,51-52,57H,8-12,14-15,17-24,26,28-29H2,1-7H3/b16-13+,30-25+,32-27+/t31-,33+,34+,36-,37+,38-,39-,40-,42-,43-,44+,45+,49+/m0/s1. The third-order valence-electron chi connectivity index (χ3n) is 14.5. The molecule has 5 aliphatic rings. The van der Waals surface area contributed by atoms with Gasteiger partial charge in [0.15, 0.2) is 0 Å². The van der Waals surface area contributed by atoms with Crippen molar-refractivity contribution in [3.05, 3.63) is 35.5 Å². The van der Waals surface area contributed by atoms with Crippen LogP contribution >= 0.6 is 0 Å². The highest BCUT2D eigenvalue weighted by molar-refractivity contribution is 6.39. The van der Waals surface area contributed by atoms with E-state index < -0.39 is 77.8 Å². The maximum Gasteiger partial charge on any atom is 0.329 e. The first-order chi connectivity index (χ1) is 29.1. The largest absolute Gasteiger partial charge is 0.456 e. The molecule has 0 aromatic carbocycles. The molecule has 5 rings (SSSR count). The Labute approximate surface area is 364 Å². The zero-order chi connectivity index (χ0) is 44.4. The number of ketones is 2. The van der Waals surface area contributed by atoms with Gasteiger partial charge >= 0.3 is 5.97 Å². The second kappa shape index (κ2) is 22.7. The van der Waals surface area contributed by atoms with Crippen molar-refractivity contribution in [2.75, 3.05) is 20.8 Å². The second-order valence-corrected chi connectivity index (χ2v) is 19.5. The quantitative estimate of drug-likeness (QED) is 0.138. The molecule has 0 unspecified atom stereocenters. The molecule has 0 aromatic heterocycles. The molecule has 0 spiro atoms. The van der Waals surface area contributed by atoms with Gasteiger partial charge in [0.05, 0.1) is 24.4 Å². The number of esters is 1. The van der Waals surface area contributed by atoms with Gasteiger partial charge in [0.1, 0.15) is 24.0 Å². The number of hydrogen-bond donors (Lipinski definition) is 3. The van der Waals surface area contributed by atoms with Crippen molar-refractivity contribution < 1.29 is 53.4 Å². The maximum absolute atomic E-state index is 14.4. The average Bonchev–Trinajstić information content (AvgIpc) is 3.25. The number of carbonyl (C=O) groups excluding carboxylic acids is 4. The van der Waals surface area contributed by atoms with Gasteiger partial charge in [0.2, 0.25) is 5.79 Å². The monoisotopic (exact) mass is 856 g/mol. The molecule has 2 saturated heterocycles. The van der Waals surface area contributed by atoms with E-state index in [4.69, 9.17) is 18.9 Å². The number of aliphatic hydroxyl groups excluding tert-OH is 2. The first-order valence-corrected chi connectivity index (χ1v) is 23.5. The van der Waals surface area contributed by atoms with E-state index in [0.717, 1.165) is 36.8 Å². The van der Waals surface area contributed by atoms with E-state index >= 15 is 0 Å². The smallest absolute Gasteiger partial charge is 0.329 e. The zero-order valence-electron chi connectivity index (χ0n) is 38.1. The maximum atomic E-state index is 14.4. The molecule has 0 aromatic rings. The number of cyclic esters (lactones) is 1.